The molecular formula is C13H13N3O2. The first-order valence-electron chi connectivity index (χ1n) is 5.68. The molecule has 18 heavy (non-hydrogen) atoms. The summed E-state index contributed by atoms with van der Waals surface area (Å²) in [6, 6.07) is 6.06. The molecule has 1 atom stereocenters. The zero-order valence-electron chi connectivity index (χ0n) is 10.2. The molecule has 5 heteroatoms. The van der Waals surface area contributed by atoms with E-state index < -0.39 is 12.1 Å². The second-order valence-electron chi connectivity index (χ2n) is 4.51. The Bertz CT molecular complexity index is 558. The van der Waals surface area contributed by atoms with Crippen molar-refractivity contribution < 1.29 is 9.59 Å². The summed E-state index contributed by atoms with van der Waals surface area (Å²) in [6.07, 6.45) is 0. The maximum absolute atomic E-state index is 11.7. The van der Waals surface area contributed by atoms with Crippen LogP contribution in [0.2, 0.25) is 0 Å². The highest BCUT2D eigenvalue weighted by Crippen LogP contribution is 2.27. The monoisotopic (exact) mass is 243 g/mol. The van der Waals surface area contributed by atoms with E-state index in [9.17, 15) is 9.59 Å². The van der Waals surface area contributed by atoms with E-state index in [1.165, 1.54) is 0 Å². The van der Waals surface area contributed by atoms with Gasteiger partial charge in [-0.25, -0.2) is 4.79 Å². The van der Waals surface area contributed by atoms with Gasteiger partial charge in [0, 0.05) is 0 Å². The third-order valence-electron chi connectivity index (χ3n) is 2.92. The molecule has 1 heterocycles. The molecule has 5 nitrogen and oxygen atoms in total. The van der Waals surface area contributed by atoms with Crippen molar-refractivity contribution in [3.8, 4) is 6.07 Å². The lowest BCUT2D eigenvalue weighted by Gasteiger charge is -2.16. The third kappa shape index (κ3) is 2.05. The van der Waals surface area contributed by atoms with E-state index in [0.717, 1.165) is 11.1 Å². The van der Waals surface area contributed by atoms with Crippen LogP contribution < -0.4 is 10.6 Å². The van der Waals surface area contributed by atoms with Crippen LogP contribution in [0.1, 0.15) is 42.5 Å². The Hall–Kier alpha value is -2.35. The fourth-order valence-corrected chi connectivity index (χ4v) is 2.04. The quantitative estimate of drug-likeness (QED) is 0.773. The minimum Gasteiger partial charge on any atom is -0.322 e. The Labute approximate surface area is 105 Å². The number of amides is 3. The van der Waals surface area contributed by atoms with Crippen LogP contribution in [0, 0.1) is 11.3 Å². The summed E-state index contributed by atoms with van der Waals surface area (Å²) in [5.74, 6) is -0.190. The van der Waals surface area contributed by atoms with Crippen LogP contribution in [0.4, 0.5) is 4.79 Å². The van der Waals surface area contributed by atoms with Crippen LogP contribution in [0.15, 0.2) is 18.2 Å². The van der Waals surface area contributed by atoms with E-state index in [2.05, 4.69) is 16.7 Å². The number of hydrogen-bond acceptors (Lipinski definition) is 3. The van der Waals surface area contributed by atoms with Gasteiger partial charge in [0.2, 0.25) is 0 Å². The lowest BCUT2D eigenvalue weighted by Crippen LogP contribution is -2.22. The van der Waals surface area contributed by atoms with Crippen molar-refractivity contribution in [1.29, 1.82) is 5.26 Å². The fraction of sp³-hybridized carbons (Fsp3) is 0.308. The third-order valence-corrected chi connectivity index (χ3v) is 2.92. The molecule has 0 aliphatic carbocycles. The molecule has 0 radical (unpaired) electrons. The normalized spacial score (nSPS) is 18.4. The number of carbonyl (C=O) groups excluding carboxylic acids is 2. The maximum Gasteiger partial charge on any atom is 0.322 e. The average molecular weight is 243 g/mol. The largest absolute Gasteiger partial charge is 0.322 e. The standard InChI is InChI=1S/C13H13N3O2/c1-7(2)10-5-8(6-14)3-4-9(10)11-12(17)16-13(18)15-11/h3-5,7,11H,1-2H3,(H2,15,16,17,18). The van der Waals surface area contributed by atoms with Gasteiger partial charge >= 0.3 is 6.03 Å². The number of rotatable bonds is 2. The van der Waals surface area contributed by atoms with Crippen molar-refractivity contribution in [2.45, 2.75) is 25.8 Å². The zero-order valence-corrected chi connectivity index (χ0v) is 10.2. The first-order valence-corrected chi connectivity index (χ1v) is 5.68. The van der Waals surface area contributed by atoms with Gasteiger partial charge in [-0.1, -0.05) is 19.9 Å². The highest BCUT2D eigenvalue weighted by molar-refractivity contribution is 6.04. The molecule has 1 aliphatic heterocycles. The first kappa shape index (κ1) is 12.1. The van der Waals surface area contributed by atoms with E-state index in [4.69, 9.17) is 5.26 Å². The highest BCUT2D eigenvalue weighted by atomic mass is 16.2. The summed E-state index contributed by atoms with van der Waals surface area (Å²) in [4.78, 5) is 22.8. The van der Waals surface area contributed by atoms with Gasteiger partial charge in [-0.15, -0.1) is 0 Å². The van der Waals surface area contributed by atoms with Gasteiger partial charge in [-0.05, 0) is 29.2 Å². The van der Waals surface area contributed by atoms with Gasteiger partial charge in [-0.2, -0.15) is 5.26 Å². The van der Waals surface area contributed by atoms with Crippen molar-refractivity contribution in [3.63, 3.8) is 0 Å². The number of nitrogens with one attached hydrogen (secondary N) is 2. The predicted molar refractivity (Wildman–Crippen MR) is 64.7 cm³/mol. The molecule has 1 fully saturated rings. The molecule has 1 saturated heterocycles. The summed E-state index contributed by atoms with van der Waals surface area (Å²) < 4.78 is 0. The highest BCUT2D eigenvalue weighted by Gasteiger charge is 2.32. The molecule has 1 aromatic rings. The summed E-state index contributed by atoms with van der Waals surface area (Å²) in [5, 5.41) is 13.7. The van der Waals surface area contributed by atoms with E-state index in [0.29, 0.717) is 5.56 Å². The molecule has 92 valence electrons. The summed E-state index contributed by atoms with van der Waals surface area (Å²) in [6.45, 7) is 3.96. The summed E-state index contributed by atoms with van der Waals surface area (Å²) >= 11 is 0. The first-order chi connectivity index (χ1) is 8.52. The van der Waals surface area contributed by atoms with Crippen LogP contribution in [0.25, 0.3) is 0 Å². The molecule has 0 saturated carbocycles. The van der Waals surface area contributed by atoms with E-state index in [-0.39, 0.29) is 11.8 Å². The zero-order chi connectivity index (χ0) is 13.3. The Balaban J connectivity index is 2.48. The second kappa shape index (κ2) is 4.49. The molecule has 2 rings (SSSR count). The number of hydrogen-bond donors (Lipinski definition) is 2. The van der Waals surface area contributed by atoms with Crippen molar-refractivity contribution in [2.24, 2.45) is 0 Å². The van der Waals surface area contributed by atoms with Crippen molar-refractivity contribution >= 4 is 11.9 Å². The van der Waals surface area contributed by atoms with Gasteiger partial charge in [0.05, 0.1) is 11.6 Å². The fourth-order valence-electron chi connectivity index (χ4n) is 2.04. The number of urea groups is 1. The van der Waals surface area contributed by atoms with Crippen LogP contribution in [-0.2, 0) is 4.79 Å². The molecule has 1 unspecified atom stereocenters. The topological polar surface area (TPSA) is 82.0 Å². The molecule has 2 N–H and O–H groups in total. The van der Waals surface area contributed by atoms with Crippen molar-refractivity contribution in [3.05, 3.63) is 34.9 Å². The number of benzene rings is 1. The molecular weight excluding hydrogens is 230 g/mol. The minimum absolute atomic E-state index is 0.165. The van der Waals surface area contributed by atoms with E-state index >= 15 is 0 Å². The van der Waals surface area contributed by atoms with Crippen molar-refractivity contribution in [2.75, 3.05) is 0 Å². The predicted octanol–water partition coefficient (Wildman–Crippen LogP) is 1.56. The Morgan fingerprint density at radius 2 is 2.06 bits per heavy atom. The molecule has 3 amide bonds. The maximum atomic E-state index is 11.7. The summed E-state index contributed by atoms with van der Waals surface area (Å²) in [5.41, 5.74) is 2.19. The van der Waals surface area contributed by atoms with Crippen LogP contribution in [0.3, 0.4) is 0 Å². The number of imide groups is 1. The smallest absolute Gasteiger partial charge is 0.322 e. The average Bonchev–Trinajstić information content (AvgIpc) is 2.67. The van der Waals surface area contributed by atoms with Crippen molar-refractivity contribution in [1.82, 2.24) is 10.6 Å². The second-order valence-corrected chi connectivity index (χ2v) is 4.51. The van der Waals surface area contributed by atoms with E-state index in [1.54, 1.807) is 18.2 Å². The molecule has 0 spiro atoms. The Kier molecular flexibility index (Phi) is 3.02. The minimum atomic E-state index is -0.664. The van der Waals surface area contributed by atoms with Gasteiger partial charge in [0.25, 0.3) is 5.91 Å². The Morgan fingerprint density at radius 1 is 1.33 bits per heavy atom. The lowest BCUT2D eigenvalue weighted by molar-refractivity contribution is -0.120. The van der Waals surface area contributed by atoms with E-state index in [1.807, 2.05) is 13.8 Å². The number of nitrogens with zero attached hydrogens (tertiary/aromatic N) is 1. The van der Waals surface area contributed by atoms with Gasteiger partial charge in [0.15, 0.2) is 0 Å². The lowest BCUT2D eigenvalue weighted by atomic mass is 9.91. The summed E-state index contributed by atoms with van der Waals surface area (Å²) in [7, 11) is 0. The SMILES string of the molecule is CC(C)c1cc(C#N)ccc1C1NC(=O)NC1=O. The van der Waals surface area contributed by atoms with Gasteiger partial charge < -0.3 is 5.32 Å². The molecule has 1 aliphatic rings. The van der Waals surface area contributed by atoms with Crippen LogP contribution in [0.5, 0.6) is 0 Å². The van der Waals surface area contributed by atoms with Crippen LogP contribution in [-0.4, -0.2) is 11.9 Å². The van der Waals surface area contributed by atoms with Crippen LogP contribution >= 0.6 is 0 Å². The van der Waals surface area contributed by atoms with Gasteiger partial charge in [0.1, 0.15) is 6.04 Å². The van der Waals surface area contributed by atoms with Gasteiger partial charge in [-0.3, -0.25) is 10.1 Å². The number of carbonyl (C=O) groups is 2. The molecule has 1 aromatic carbocycles. The molecule has 0 aromatic heterocycles. The number of nitriles is 1. The Morgan fingerprint density at radius 3 is 2.56 bits per heavy atom. The molecule has 0 bridgehead atoms.